The number of likely N-dealkylation sites (tertiary alicyclic amines) is 1. The summed E-state index contributed by atoms with van der Waals surface area (Å²) in [5.74, 6) is 1.99. The van der Waals surface area contributed by atoms with Crippen LogP contribution in [0.15, 0.2) is 73.6 Å². The standard InChI is InChI=1S/C28H28N6O2/c1-2-23(35)33-14-12-28(13-15-33)16-20(17-28)34-27-24(26(29)30-18-31-27)25(32-34)19-8-10-22(11-9-19)36-21-6-4-3-5-7-21/h2-11,18,20H,1,12-17H2,(H2,29,30,31). The Bertz CT molecular complexity index is 1410. The molecule has 182 valence electrons. The molecule has 8 nitrogen and oxygen atoms in total. The summed E-state index contributed by atoms with van der Waals surface area (Å²) in [6.07, 6.45) is 6.97. The van der Waals surface area contributed by atoms with E-state index in [1.807, 2.05) is 64.2 Å². The molecule has 1 saturated heterocycles. The van der Waals surface area contributed by atoms with Crippen molar-refractivity contribution in [3.63, 3.8) is 0 Å². The largest absolute Gasteiger partial charge is 0.457 e. The number of fused-ring (bicyclic) bond motifs is 1. The van der Waals surface area contributed by atoms with Crippen molar-refractivity contribution in [1.29, 1.82) is 0 Å². The lowest BCUT2D eigenvalue weighted by atomic mass is 9.60. The van der Waals surface area contributed by atoms with Gasteiger partial charge in [0.05, 0.1) is 11.4 Å². The van der Waals surface area contributed by atoms with Gasteiger partial charge in [0.25, 0.3) is 0 Å². The van der Waals surface area contributed by atoms with E-state index in [0.717, 1.165) is 72.6 Å². The first kappa shape index (κ1) is 22.3. The van der Waals surface area contributed by atoms with Gasteiger partial charge in [0.1, 0.15) is 29.3 Å². The summed E-state index contributed by atoms with van der Waals surface area (Å²) in [6, 6.07) is 17.8. The molecule has 36 heavy (non-hydrogen) atoms. The molecule has 4 aromatic rings. The van der Waals surface area contributed by atoms with Crippen LogP contribution in [0.25, 0.3) is 22.3 Å². The number of nitrogen functional groups attached to an aromatic ring is 1. The molecule has 0 radical (unpaired) electrons. The van der Waals surface area contributed by atoms with Crippen molar-refractivity contribution in [3.8, 4) is 22.8 Å². The van der Waals surface area contributed by atoms with E-state index in [1.165, 1.54) is 12.4 Å². The van der Waals surface area contributed by atoms with Crippen LogP contribution >= 0.6 is 0 Å². The molecule has 2 aliphatic rings. The molecular weight excluding hydrogens is 452 g/mol. The van der Waals surface area contributed by atoms with Crippen LogP contribution in [0.1, 0.15) is 31.7 Å². The Morgan fingerprint density at radius 3 is 2.42 bits per heavy atom. The number of anilines is 1. The molecule has 2 fully saturated rings. The number of aromatic nitrogens is 4. The molecule has 0 atom stereocenters. The number of rotatable bonds is 5. The van der Waals surface area contributed by atoms with E-state index in [2.05, 4.69) is 16.5 Å². The highest BCUT2D eigenvalue weighted by molar-refractivity contribution is 5.98. The zero-order valence-corrected chi connectivity index (χ0v) is 20.0. The molecule has 1 spiro atoms. The molecule has 1 aliphatic heterocycles. The van der Waals surface area contributed by atoms with Crippen LogP contribution in [0, 0.1) is 5.41 Å². The van der Waals surface area contributed by atoms with Crippen molar-refractivity contribution >= 4 is 22.8 Å². The molecule has 0 bridgehead atoms. The number of hydrogen-bond donors (Lipinski definition) is 1. The number of ether oxygens (including phenoxy) is 1. The predicted molar refractivity (Wildman–Crippen MR) is 138 cm³/mol. The first-order chi connectivity index (χ1) is 17.5. The van der Waals surface area contributed by atoms with Gasteiger partial charge in [0.15, 0.2) is 5.65 Å². The number of nitrogens with two attached hydrogens (primary N) is 1. The van der Waals surface area contributed by atoms with E-state index in [0.29, 0.717) is 5.82 Å². The fraction of sp³-hybridized carbons (Fsp3) is 0.286. The van der Waals surface area contributed by atoms with Gasteiger partial charge in [-0.05, 0) is 73.6 Å². The van der Waals surface area contributed by atoms with Gasteiger partial charge in [-0.25, -0.2) is 14.6 Å². The zero-order chi connectivity index (χ0) is 24.7. The van der Waals surface area contributed by atoms with Gasteiger partial charge in [0.2, 0.25) is 5.91 Å². The maximum Gasteiger partial charge on any atom is 0.245 e. The van der Waals surface area contributed by atoms with Gasteiger partial charge in [-0.2, -0.15) is 5.10 Å². The van der Waals surface area contributed by atoms with Crippen LogP contribution in [-0.4, -0.2) is 43.6 Å². The molecule has 6 rings (SSSR count). The maximum atomic E-state index is 12.0. The Labute approximate surface area is 209 Å². The second kappa shape index (κ2) is 8.78. The number of piperidine rings is 1. The summed E-state index contributed by atoms with van der Waals surface area (Å²) in [5, 5.41) is 5.79. The van der Waals surface area contributed by atoms with Crippen molar-refractivity contribution in [2.24, 2.45) is 5.41 Å². The van der Waals surface area contributed by atoms with Gasteiger partial charge < -0.3 is 15.4 Å². The summed E-state index contributed by atoms with van der Waals surface area (Å²) in [7, 11) is 0. The van der Waals surface area contributed by atoms with Gasteiger partial charge in [0, 0.05) is 18.7 Å². The van der Waals surface area contributed by atoms with Crippen molar-refractivity contribution in [3.05, 3.63) is 73.6 Å². The quantitative estimate of drug-likeness (QED) is 0.404. The summed E-state index contributed by atoms with van der Waals surface area (Å²) >= 11 is 0. The van der Waals surface area contributed by atoms with Crippen molar-refractivity contribution in [2.45, 2.75) is 31.7 Å². The Balaban J connectivity index is 1.25. The lowest BCUT2D eigenvalue weighted by Crippen LogP contribution is -2.49. The normalized spacial score (nSPS) is 17.2. The van der Waals surface area contributed by atoms with Crippen LogP contribution in [-0.2, 0) is 4.79 Å². The van der Waals surface area contributed by atoms with Crippen LogP contribution < -0.4 is 10.5 Å². The van der Waals surface area contributed by atoms with Gasteiger partial charge in [-0.1, -0.05) is 24.8 Å². The minimum atomic E-state index is 0.0239. The third-order valence-corrected chi connectivity index (χ3v) is 7.62. The molecule has 1 saturated carbocycles. The molecule has 2 N–H and O–H groups in total. The van der Waals surface area contributed by atoms with E-state index in [4.69, 9.17) is 15.6 Å². The third-order valence-electron chi connectivity index (χ3n) is 7.62. The number of hydrogen-bond acceptors (Lipinski definition) is 6. The minimum absolute atomic E-state index is 0.0239. The van der Waals surface area contributed by atoms with E-state index >= 15 is 0 Å². The second-order valence-electron chi connectivity index (χ2n) is 9.78. The topological polar surface area (TPSA) is 99.2 Å². The zero-order valence-electron chi connectivity index (χ0n) is 20.0. The van der Waals surface area contributed by atoms with Crippen molar-refractivity contribution < 1.29 is 9.53 Å². The van der Waals surface area contributed by atoms with E-state index < -0.39 is 0 Å². The average Bonchev–Trinajstić information content (AvgIpc) is 3.28. The molecule has 1 aliphatic carbocycles. The summed E-state index contributed by atoms with van der Waals surface area (Å²) in [5.41, 5.74) is 9.06. The SMILES string of the molecule is C=CC(=O)N1CCC2(CC1)CC(n1nc(-c3ccc(Oc4ccccc4)cc3)c3c(N)ncnc31)C2. The lowest BCUT2D eigenvalue weighted by molar-refractivity contribution is -0.130. The molecule has 2 aromatic heterocycles. The van der Waals surface area contributed by atoms with Crippen LogP contribution in [0.5, 0.6) is 11.5 Å². The Morgan fingerprint density at radius 1 is 1.03 bits per heavy atom. The Morgan fingerprint density at radius 2 is 1.72 bits per heavy atom. The lowest BCUT2D eigenvalue weighted by Gasteiger charge is -2.52. The van der Waals surface area contributed by atoms with Crippen LogP contribution in [0.3, 0.4) is 0 Å². The molecule has 0 unspecified atom stereocenters. The number of benzene rings is 2. The van der Waals surface area contributed by atoms with E-state index in [1.54, 1.807) is 0 Å². The number of para-hydroxylation sites is 1. The van der Waals surface area contributed by atoms with Gasteiger partial charge in [-0.15, -0.1) is 0 Å². The number of carbonyl (C=O) groups is 1. The molecule has 8 heteroatoms. The molecular formula is C28H28N6O2. The average molecular weight is 481 g/mol. The summed E-state index contributed by atoms with van der Waals surface area (Å²) in [6.45, 7) is 5.19. The molecule has 1 amide bonds. The summed E-state index contributed by atoms with van der Waals surface area (Å²) in [4.78, 5) is 22.7. The van der Waals surface area contributed by atoms with Crippen LogP contribution in [0.4, 0.5) is 5.82 Å². The monoisotopic (exact) mass is 480 g/mol. The van der Waals surface area contributed by atoms with E-state index in [-0.39, 0.29) is 17.4 Å². The highest BCUT2D eigenvalue weighted by Gasteiger charge is 2.48. The van der Waals surface area contributed by atoms with Crippen LogP contribution in [0.2, 0.25) is 0 Å². The fourth-order valence-electron chi connectivity index (χ4n) is 5.61. The number of nitrogens with zero attached hydrogens (tertiary/aromatic N) is 5. The second-order valence-corrected chi connectivity index (χ2v) is 9.78. The number of carbonyl (C=O) groups excluding carboxylic acids is 1. The third kappa shape index (κ3) is 3.88. The van der Waals surface area contributed by atoms with Crippen molar-refractivity contribution in [1.82, 2.24) is 24.6 Å². The Kier molecular flexibility index (Phi) is 5.44. The smallest absolute Gasteiger partial charge is 0.245 e. The first-order valence-electron chi connectivity index (χ1n) is 12.3. The highest BCUT2D eigenvalue weighted by atomic mass is 16.5. The summed E-state index contributed by atoms with van der Waals surface area (Å²) < 4.78 is 7.97. The first-order valence-corrected chi connectivity index (χ1v) is 12.3. The Hall–Kier alpha value is -4.20. The fourth-order valence-corrected chi connectivity index (χ4v) is 5.61. The minimum Gasteiger partial charge on any atom is -0.457 e. The highest BCUT2D eigenvalue weighted by Crippen LogP contribution is 2.55. The van der Waals surface area contributed by atoms with Crippen molar-refractivity contribution in [2.75, 3.05) is 18.8 Å². The predicted octanol–water partition coefficient (Wildman–Crippen LogP) is 5.00. The van der Waals surface area contributed by atoms with Gasteiger partial charge in [-0.3, -0.25) is 4.79 Å². The van der Waals surface area contributed by atoms with E-state index in [9.17, 15) is 4.79 Å². The molecule has 2 aromatic carbocycles. The maximum absolute atomic E-state index is 12.0. The molecule has 3 heterocycles. The number of amides is 1. The van der Waals surface area contributed by atoms with Gasteiger partial charge >= 0.3 is 0 Å².